The summed E-state index contributed by atoms with van der Waals surface area (Å²) < 4.78 is 19.2. The average Bonchev–Trinajstić information content (AvgIpc) is 2.53. The molecule has 1 fully saturated rings. The zero-order chi connectivity index (χ0) is 15.2. The van der Waals surface area contributed by atoms with Crippen LogP contribution in [0, 0.1) is 17.7 Å². The third kappa shape index (κ3) is 3.81. The fraction of sp³-hybridized carbons (Fsp3) is 0.438. The van der Waals surface area contributed by atoms with Crippen LogP contribution in [0.3, 0.4) is 0 Å². The molecule has 1 heterocycles. The standard InChI is InChI=1S/C16H19FN2O2/c1-19(13-6-9-21-10-7-13)16(20)14-11-12(3-2-8-18)4-5-15(14)17/h4-5,11,13H,6-10,18H2,1H3. The number of ether oxygens (including phenoxy) is 1. The van der Waals surface area contributed by atoms with E-state index in [1.807, 2.05) is 0 Å². The highest BCUT2D eigenvalue weighted by Crippen LogP contribution is 2.18. The number of benzene rings is 1. The van der Waals surface area contributed by atoms with Gasteiger partial charge in [0.1, 0.15) is 5.82 Å². The number of nitrogens with zero attached hydrogens (tertiary/aromatic N) is 1. The molecule has 1 aromatic rings. The normalized spacial score (nSPS) is 15.2. The van der Waals surface area contributed by atoms with Crippen LogP contribution in [-0.4, -0.2) is 43.7 Å². The predicted molar refractivity (Wildman–Crippen MR) is 78.3 cm³/mol. The first-order valence-corrected chi connectivity index (χ1v) is 6.97. The summed E-state index contributed by atoms with van der Waals surface area (Å²) in [5.74, 6) is 4.66. The Balaban J connectivity index is 2.20. The molecule has 2 rings (SSSR count). The van der Waals surface area contributed by atoms with Gasteiger partial charge < -0.3 is 15.4 Å². The maximum atomic E-state index is 13.9. The second-order valence-corrected chi connectivity index (χ2v) is 4.96. The first kappa shape index (κ1) is 15.5. The van der Waals surface area contributed by atoms with Crippen molar-refractivity contribution in [2.45, 2.75) is 18.9 Å². The first-order valence-electron chi connectivity index (χ1n) is 6.97. The van der Waals surface area contributed by atoms with Crippen molar-refractivity contribution >= 4 is 5.91 Å². The summed E-state index contributed by atoms with van der Waals surface area (Å²) in [6.07, 6.45) is 1.55. The Labute approximate surface area is 124 Å². The molecule has 0 unspecified atom stereocenters. The number of carbonyl (C=O) groups excluding carboxylic acids is 1. The highest BCUT2D eigenvalue weighted by atomic mass is 19.1. The zero-order valence-electron chi connectivity index (χ0n) is 12.1. The predicted octanol–water partition coefficient (Wildman–Crippen LogP) is 1.39. The minimum Gasteiger partial charge on any atom is -0.381 e. The van der Waals surface area contributed by atoms with Crippen LogP contribution in [0.5, 0.6) is 0 Å². The Morgan fingerprint density at radius 2 is 2.19 bits per heavy atom. The molecule has 112 valence electrons. The van der Waals surface area contributed by atoms with Crippen LogP contribution in [0.25, 0.3) is 0 Å². The lowest BCUT2D eigenvalue weighted by Crippen LogP contribution is -2.41. The largest absolute Gasteiger partial charge is 0.381 e. The molecule has 5 heteroatoms. The van der Waals surface area contributed by atoms with Gasteiger partial charge in [-0.2, -0.15) is 0 Å². The lowest BCUT2D eigenvalue weighted by Gasteiger charge is -2.31. The van der Waals surface area contributed by atoms with Gasteiger partial charge in [0.05, 0.1) is 12.1 Å². The van der Waals surface area contributed by atoms with E-state index in [0.717, 1.165) is 12.8 Å². The molecule has 1 aliphatic heterocycles. The van der Waals surface area contributed by atoms with Gasteiger partial charge in [0, 0.05) is 31.9 Å². The van der Waals surface area contributed by atoms with Gasteiger partial charge in [-0.1, -0.05) is 11.8 Å². The molecule has 0 saturated carbocycles. The Bertz CT molecular complexity index is 571. The number of hydrogen-bond donors (Lipinski definition) is 1. The van der Waals surface area contributed by atoms with Gasteiger partial charge in [-0.05, 0) is 31.0 Å². The molecule has 1 saturated heterocycles. The van der Waals surface area contributed by atoms with Crippen LogP contribution >= 0.6 is 0 Å². The van der Waals surface area contributed by atoms with Crippen molar-refractivity contribution in [2.75, 3.05) is 26.8 Å². The van der Waals surface area contributed by atoms with E-state index in [2.05, 4.69) is 11.8 Å². The van der Waals surface area contributed by atoms with Crippen LogP contribution < -0.4 is 5.73 Å². The summed E-state index contributed by atoms with van der Waals surface area (Å²) in [5.41, 5.74) is 5.95. The molecule has 1 aliphatic rings. The smallest absolute Gasteiger partial charge is 0.256 e. The molecule has 0 aromatic heterocycles. The minimum atomic E-state index is -0.530. The van der Waals surface area contributed by atoms with Crippen molar-refractivity contribution < 1.29 is 13.9 Å². The van der Waals surface area contributed by atoms with Crippen LogP contribution in [0.1, 0.15) is 28.8 Å². The van der Waals surface area contributed by atoms with Gasteiger partial charge in [-0.3, -0.25) is 4.79 Å². The topological polar surface area (TPSA) is 55.6 Å². The molecular formula is C16H19FN2O2. The van der Waals surface area contributed by atoms with Gasteiger partial charge in [0.2, 0.25) is 0 Å². The van der Waals surface area contributed by atoms with Crippen LogP contribution in [0.2, 0.25) is 0 Å². The molecular weight excluding hydrogens is 271 g/mol. The molecule has 1 aromatic carbocycles. The van der Waals surface area contributed by atoms with Gasteiger partial charge >= 0.3 is 0 Å². The third-order valence-electron chi connectivity index (χ3n) is 3.59. The van der Waals surface area contributed by atoms with E-state index in [-0.39, 0.29) is 24.1 Å². The van der Waals surface area contributed by atoms with Crippen molar-refractivity contribution in [3.63, 3.8) is 0 Å². The van der Waals surface area contributed by atoms with Crippen molar-refractivity contribution in [3.8, 4) is 11.8 Å². The van der Waals surface area contributed by atoms with Gasteiger partial charge in [0.15, 0.2) is 0 Å². The molecule has 0 radical (unpaired) electrons. The van der Waals surface area contributed by atoms with Gasteiger partial charge in [-0.25, -0.2) is 4.39 Å². The summed E-state index contributed by atoms with van der Waals surface area (Å²) in [5, 5.41) is 0. The summed E-state index contributed by atoms with van der Waals surface area (Å²) in [6, 6.07) is 4.38. The molecule has 1 amide bonds. The minimum absolute atomic E-state index is 0.0489. The summed E-state index contributed by atoms with van der Waals surface area (Å²) in [4.78, 5) is 14.1. The number of carbonyl (C=O) groups is 1. The molecule has 0 spiro atoms. The van der Waals surface area contributed by atoms with Crippen molar-refractivity contribution in [1.29, 1.82) is 0 Å². The van der Waals surface area contributed by atoms with Crippen LogP contribution in [0.15, 0.2) is 18.2 Å². The fourth-order valence-corrected chi connectivity index (χ4v) is 2.35. The second-order valence-electron chi connectivity index (χ2n) is 4.96. The highest BCUT2D eigenvalue weighted by molar-refractivity contribution is 5.95. The Morgan fingerprint density at radius 1 is 1.48 bits per heavy atom. The summed E-state index contributed by atoms with van der Waals surface area (Å²) in [7, 11) is 1.70. The number of nitrogens with two attached hydrogens (primary N) is 1. The van der Waals surface area contributed by atoms with E-state index in [0.29, 0.717) is 18.8 Å². The SMILES string of the molecule is CN(C(=O)c1cc(C#CCN)ccc1F)C1CCOCC1. The molecule has 2 N–H and O–H groups in total. The number of hydrogen-bond acceptors (Lipinski definition) is 3. The Hall–Kier alpha value is -1.90. The average molecular weight is 290 g/mol. The first-order chi connectivity index (χ1) is 10.1. The van der Waals surface area contributed by atoms with E-state index < -0.39 is 5.82 Å². The maximum Gasteiger partial charge on any atom is 0.256 e. The Morgan fingerprint density at radius 3 is 2.86 bits per heavy atom. The van der Waals surface area contributed by atoms with E-state index in [9.17, 15) is 9.18 Å². The van der Waals surface area contributed by atoms with Crippen LogP contribution in [0.4, 0.5) is 4.39 Å². The third-order valence-corrected chi connectivity index (χ3v) is 3.59. The van der Waals surface area contributed by atoms with E-state index in [1.165, 1.54) is 12.1 Å². The molecule has 0 atom stereocenters. The summed E-state index contributed by atoms with van der Waals surface area (Å²) in [6.45, 7) is 1.49. The van der Waals surface area contributed by atoms with E-state index >= 15 is 0 Å². The van der Waals surface area contributed by atoms with Crippen molar-refractivity contribution in [2.24, 2.45) is 5.73 Å². The quantitative estimate of drug-likeness (QED) is 0.837. The molecule has 0 bridgehead atoms. The Kier molecular flexibility index (Phi) is 5.32. The number of amides is 1. The number of halogens is 1. The molecule has 21 heavy (non-hydrogen) atoms. The lowest BCUT2D eigenvalue weighted by atomic mass is 10.0. The van der Waals surface area contributed by atoms with Crippen molar-refractivity contribution in [3.05, 3.63) is 35.1 Å². The van der Waals surface area contributed by atoms with E-state index in [1.54, 1.807) is 18.0 Å². The fourth-order valence-electron chi connectivity index (χ4n) is 2.35. The molecule has 0 aliphatic carbocycles. The number of rotatable bonds is 2. The van der Waals surface area contributed by atoms with Crippen molar-refractivity contribution in [1.82, 2.24) is 4.90 Å². The zero-order valence-corrected chi connectivity index (χ0v) is 12.1. The highest BCUT2D eigenvalue weighted by Gasteiger charge is 2.25. The van der Waals surface area contributed by atoms with E-state index in [4.69, 9.17) is 10.5 Å². The lowest BCUT2D eigenvalue weighted by molar-refractivity contribution is 0.0359. The monoisotopic (exact) mass is 290 g/mol. The maximum absolute atomic E-state index is 13.9. The summed E-state index contributed by atoms with van der Waals surface area (Å²) >= 11 is 0. The molecule has 4 nitrogen and oxygen atoms in total. The van der Waals surface area contributed by atoms with Crippen LogP contribution in [-0.2, 0) is 4.74 Å². The van der Waals surface area contributed by atoms with Gasteiger partial charge in [0.25, 0.3) is 5.91 Å². The van der Waals surface area contributed by atoms with Gasteiger partial charge in [-0.15, -0.1) is 0 Å². The second kappa shape index (κ2) is 7.21.